The normalized spacial score (nSPS) is 14.1. The smallest absolute Gasteiger partial charge is 0.223 e. The summed E-state index contributed by atoms with van der Waals surface area (Å²) in [5.74, 6) is 1.90. The average molecular weight is 357 g/mol. The number of hydrogen-bond donors (Lipinski definition) is 0. The molecule has 2 heterocycles. The fourth-order valence-electron chi connectivity index (χ4n) is 3.47. The molecule has 1 amide bonds. The van der Waals surface area contributed by atoms with E-state index in [9.17, 15) is 4.79 Å². The topological polar surface area (TPSA) is 33.5 Å². The molecule has 27 heavy (non-hydrogen) atoms. The maximum atomic E-state index is 12.5. The molecule has 4 rings (SSSR count). The highest BCUT2D eigenvalue weighted by molar-refractivity contribution is 5.78. The van der Waals surface area contributed by atoms with Crippen molar-refractivity contribution in [1.29, 1.82) is 0 Å². The predicted molar refractivity (Wildman–Crippen MR) is 108 cm³/mol. The number of furan rings is 1. The highest BCUT2D eigenvalue weighted by Crippen LogP contribution is 2.24. The maximum Gasteiger partial charge on any atom is 0.223 e. The molecule has 1 aromatic heterocycles. The predicted octanol–water partition coefficient (Wildman–Crippen LogP) is 5.20. The molecule has 0 unspecified atom stereocenters. The molecule has 0 radical (unpaired) electrons. The van der Waals surface area contributed by atoms with Crippen LogP contribution >= 0.6 is 0 Å². The van der Waals surface area contributed by atoms with Crippen LogP contribution in [-0.2, 0) is 11.2 Å². The van der Waals surface area contributed by atoms with Crippen molar-refractivity contribution in [3.05, 3.63) is 90.2 Å². The van der Waals surface area contributed by atoms with Gasteiger partial charge in [-0.25, -0.2) is 0 Å². The lowest BCUT2D eigenvalue weighted by Crippen LogP contribution is -2.34. The number of amides is 1. The van der Waals surface area contributed by atoms with Gasteiger partial charge in [-0.1, -0.05) is 66.7 Å². The molecule has 1 aliphatic rings. The van der Waals surface area contributed by atoms with Gasteiger partial charge in [0.25, 0.3) is 0 Å². The molecule has 3 heteroatoms. The third kappa shape index (κ3) is 4.20. The van der Waals surface area contributed by atoms with Crippen LogP contribution < -0.4 is 0 Å². The summed E-state index contributed by atoms with van der Waals surface area (Å²) < 4.78 is 5.90. The Labute approximate surface area is 159 Å². The van der Waals surface area contributed by atoms with Gasteiger partial charge in [0.05, 0.1) is 0 Å². The van der Waals surface area contributed by atoms with Crippen molar-refractivity contribution in [1.82, 2.24) is 4.90 Å². The van der Waals surface area contributed by atoms with Crippen LogP contribution in [0.3, 0.4) is 0 Å². The van der Waals surface area contributed by atoms with Crippen LogP contribution in [-0.4, -0.2) is 23.9 Å². The quantitative estimate of drug-likeness (QED) is 0.629. The molecule has 136 valence electrons. The van der Waals surface area contributed by atoms with Gasteiger partial charge < -0.3 is 9.32 Å². The fourth-order valence-corrected chi connectivity index (χ4v) is 3.47. The van der Waals surface area contributed by atoms with E-state index in [0.29, 0.717) is 19.4 Å². The fraction of sp³-hybridized carbons (Fsp3) is 0.208. The van der Waals surface area contributed by atoms with E-state index in [4.69, 9.17) is 4.42 Å². The van der Waals surface area contributed by atoms with Crippen LogP contribution in [0.4, 0.5) is 0 Å². The van der Waals surface area contributed by atoms with E-state index < -0.39 is 0 Å². The lowest BCUT2D eigenvalue weighted by atomic mass is 9.99. The molecule has 0 aliphatic carbocycles. The Hall–Kier alpha value is -3.07. The van der Waals surface area contributed by atoms with Gasteiger partial charge in [-0.15, -0.1) is 0 Å². The Balaban J connectivity index is 1.32. The number of carbonyl (C=O) groups is 1. The third-order valence-corrected chi connectivity index (χ3v) is 5.01. The van der Waals surface area contributed by atoms with Gasteiger partial charge in [-0.3, -0.25) is 4.79 Å². The minimum Gasteiger partial charge on any atom is -0.461 e. The molecule has 0 saturated heterocycles. The summed E-state index contributed by atoms with van der Waals surface area (Å²) >= 11 is 0. The molecule has 2 aromatic carbocycles. The van der Waals surface area contributed by atoms with Crippen LogP contribution in [0.1, 0.15) is 24.2 Å². The lowest BCUT2D eigenvalue weighted by Gasteiger charge is -2.26. The minimum atomic E-state index is 0.191. The van der Waals surface area contributed by atoms with Crippen LogP contribution in [0.15, 0.2) is 83.3 Å². The molecule has 0 fully saturated rings. The first kappa shape index (κ1) is 17.3. The third-order valence-electron chi connectivity index (χ3n) is 5.01. The largest absolute Gasteiger partial charge is 0.461 e. The summed E-state index contributed by atoms with van der Waals surface area (Å²) in [5, 5.41) is 0. The number of aryl methyl sites for hydroxylation is 1. The zero-order chi connectivity index (χ0) is 18.5. The number of nitrogens with zero attached hydrogens (tertiary/aromatic N) is 1. The second kappa shape index (κ2) is 8.09. The number of rotatable bonds is 5. The van der Waals surface area contributed by atoms with Crippen molar-refractivity contribution < 1.29 is 9.21 Å². The van der Waals surface area contributed by atoms with E-state index in [1.807, 2.05) is 53.4 Å². The van der Waals surface area contributed by atoms with E-state index in [-0.39, 0.29) is 5.91 Å². The molecule has 0 N–H and O–H groups in total. The average Bonchev–Trinajstić information content (AvgIpc) is 3.22. The first-order valence-corrected chi connectivity index (χ1v) is 9.46. The Bertz CT molecular complexity index is 925. The Morgan fingerprint density at radius 1 is 0.889 bits per heavy atom. The van der Waals surface area contributed by atoms with Crippen LogP contribution in [0.2, 0.25) is 0 Å². The molecule has 0 bridgehead atoms. The number of carbonyl (C=O) groups excluding carboxylic acids is 1. The van der Waals surface area contributed by atoms with E-state index in [0.717, 1.165) is 30.0 Å². The molecular formula is C24H23NO2. The first-order valence-electron chi connectivity index (χ1n) is 9.46. The van der Waals surface area contributed by atoms with Gasteiger partial charge in [-0.05, 0) is 29.7 Å². The molecule has 0 saturated carbocycles. The Kier molecular flexibility index (Phi) is 5.20. The summed E-state index contributed by atoms with van der Waals surface area (Å²) in [6.07, 6.45) is 4.21. The SMILES string of the molecule is O=C(CCc1ccc(-c2ccccc2)o1)N1CC=C(c2ccccc2)CC1. The van der Waals surface area contributed by atoms with E-state index in [1.54, 1.807) is 0 Å². The molecule has 3 aromatic rings. The van der Waals surface area contributed by atoms with Gasteiger partial charge in [0, 0.05) is 31.5 Å². The number of benzene rings is 2. The van der Waals surface area contributed by atoms with E-state index >= 15 is 0 Å². The van der Waals surface area contributed by atoms with Crippen molar-refractivity contribution >= 4 is 11.5 Å². The van der Waals surface area contributed by atoms with Crippen LogP contribution in [0.5, 0.6) is 0 Å². The summed E-state index contributed by atoms with van der Waals surface area (Å²) in [6, 6.07) is 24.4. The van der Waals surface area contributed by atoms with Crippen molar-refractivity contribution in [3.8, 4) is 11.3 Å². The summed E-state index contributed by atoms with van der Waals surface area (Å²) in [7, 11) is 0. The maximum absolute atomic E-state index is 12.5. The second-order valence-corrected chi connectivity index (χ2v) is 6.82. The van der Waals surface area contributed by atoms with Gasteiger partial charge in [0.1, 0.15) is 11.5 Å². The van der Waals surface area contributed by atoms with Gasteiger partial charge >= 0.3 is 0 Å². The molecule has 0 atom stereocenters. The summed E-state index contributed by atoms with van der Waals surface area (Å²) in [4.78, 5) is 14.5. The standard InChI is InChI=1S/C24H23NO2/c26-24(25-17-15-20(16-18-25)19-7-3-1-4-8-19)14-12-22-11-13-23(27-22)21-9-5-2-6-10-21/h1-11,13,15H,12,14,16-18H2. The number of hydrogen-bond acceptors (Lipinski definition) is 2. The van der Waals surface area contributed by atoms with E-state index in [2.05, 4.69) is 30.3 Å². The molecular weight excluding hydrogens is 334 g/mol. The van der Waals surface area contributed by atoms with Crippen LogP contribution in [0.25, 0.3) is 16.9 Å². The second-order valence-electron chi connectivity index (χ2n) is 6.82. The zero-order valence-corrected chi connectivity index (χ0v) is 15.3. The first-order chi connectivity index (χ1) is 13.3. The minimum absolute atomic E-state index is 0.191. The van der Waals surface area contributed by atoms with Crippen molar-refractivity contribution in [2.75, 3.05) is 13.1 Å². The summed E-state index contributed by atoms with van der Waals surface area (Å²) in [6.45, 7) is 1.48. The van der Waals surface area contributed by atoms with Crippen molar-refractivity contribution in [3.63, 3.8) is 0 Å². The molecule has 1 aliphatic heterocycles. The highest BCUT2D eigenvalue weighted by atomic mass is 16.3. The highest BCUT2D eigenvalue weighted by Gasteiger charge is 2.18. The monoisotopic (exact) mass is 357 g/mol. The van der Waals surface area contributed by atoms with Gasteiger partial charge in [-0.2, -0.15) is 0 Å². The van der Waals surface area contributed by atoms with Crippen molar-refractivity contribution in [2.45, 2.75) is 19.3 Å². The van der Waals surface area contributed by atoms with Crippen LogP contribution in [0, 0.1) is 0 Å². The Morgan fingerprint density at radius 3 is 2.26 bits per heavy atom. The molecule has 0 spiro atoms. The van der Waals surface area contributed by atoms with Crippen molar-refractivity contribution in [2.24, 2.45) is 0 Å². The van der Waals surface area contributed by atoms with Gasteiger partial charge in [0.15, 0.2) is 0 Å². The van der Waals surface area contributed by atoms with E-state index in [1.165, 1.54) is 11.1 Å². The zero-order valence-electron chi connectivity index (χ0n) is 15.3. The Morgan fingerprint density at radius 2 is 1.59 bits per heavy atom. The molecule has 3 nitrogen and oxygen atoms in total. The lowest BCUT2D eigenvalue weighted by molar-refractivity contribution is -0.130. The van der Waals surface area contributed by atoms with Gasteiger partial charge in [0.2, 0.25) is 5.91 Å². The summed E-state index contributed by atoms with van der Waals surface area (Å²) in [5.41, 5.74) is 3.65.